The first kappa shape index (κ1) is 27.4. The number of anilines is 1. The fourth-order valence-corrected chi connectivity index (χ4v) is 4.75. The van der Waals surface area contributed by atoms with E-state index in [1.54, 1.807) is 42.5 Å². The van der Waals surface area contributed by atoms with Crippen LogP contribution in [0.5, 0.6) is 11.5 Å². The van der Waals surface area contributed by atoms with Crippen molar-refractivity contribution >= 4 is 33.2 Å². The Hall–Kier alpha value is -3.23. The van der Waals surface area contributed by atoms with Crippen molar-refractivity contribution in [3.05, 3.63) is 88.4 Å². The molecule has 3 aromatic rings. The minimum Gasteiger partial charge on any atom is -0.495 e. The quantitative estimate of drug-likeness (QED) is 0.330. The van der Waals surface area contributed by atoms with Crippen LogP contribution >= 0.6 is 11.6 Å². The van der Waals surface area contributed by atoms with Gasteiger partial charge < -0.3 is 14.8 Å². The molecule has 3 aromatic carbocycles. The van der Waals surface area contributed by atoms with Gasteiger partial charge in [0.1, 0.15) is 18.1 Å². The second-order valence-corrected chi connectivity index (χ2v) is 10.6. The van der Waals surface area contributed by atoms with Gasteiger partial charge in [-0.1, -0.05) is 49.2 Å². The zero-order valence-electron chi connectivity index (χ0n) is 20.7. The van der Waals surface area contributed by atoms with E-state index in [0.29, 0.717) is 35.2 Å². The van der Waals surface area contributed by atoms with Crippen LogP contribution < -0.4 is 19.1 Å². The van der Waals surface area contributed by atoms with Crippen LogP contribution in [0.15, 0.2) is 66.7 Å². The molecule has 0 bridgehead atoms. The third-order valence-corrected chi connectivity index (χ3v) is 6.92. The number of nitrogens with zero attached hydrogens (tertiary/aromatic N) is 1. The Morgan fingerprint density at radius 3 is 2.25 bits per heavy atom. The lowest BCUT2D eigenvalue weighted by Gasteiger charge is -2.23. The van der Waals surface area contributed by atoms with Crippen LogP contribution in [0.2, 0.25) is 5.02 Å². The Kier molecular flexibility index (Phi) is 9.61. The van der Waals surface area contributed by atoms with Gasteiger partial charge in [-0.15, -0.1) is 0 Å². The van der Waals surface area contributed by atoms with Crippen molar-refractivity contribution < 1.29 is 22.7 Å². The molecule has 0 heterocycles. The molecule has 0 spiro atoms. The van der Waals surface area contributed by atoms with Crippen LogP contribution in [0.3, 0.4) is 0 Å². The number of methoxy groups -OCH3 is 1. The van der Waals surface area contributed by atoms with Crippen LogP contribution in [-0.4, -0.2) is 40.8 Å². The average Bonchev–Trinajstić information content (AvgIpc) is 2.86. The van der Waals surface area contributed by atoms with Gasteiger partial charge in [-0.2, -0.15) is 0 Å². The van der Waals surface area contributed by atoms with Crippen LogP contribution in [0, 0.1) is 0 Å². The van der Waals surface area contributed by atoms with Crippen LogP contribution in [0.1, 0.15) is 34.8 Å². The molecule has 1 amide bonds. The minimum absolute atomic E-state index is 0.0915. The largest absolute Gasteiger partial charge is 0.495 e. The maximum Gasteiger partial charge on any atom is 0.251 e. The maximum absolute atomic E-state index is 12.5. The van der Waals surface area contributed by atoms with Crippen molar-refractivity contribution in [2.45, 2.75) is 26.3 Å². The van der Waals surface area contributed by atoms with E-state index < -0.39 is 10.0 Å². The van der Waals surface area contributed by atoms with Crippen molar-refractivity contribution in [2.24, 2.45) is 0 Å². The van der Waals surface area contributed by atoms with E-state index >= 15 is 0 Å². The number of rotatable bonds is 12. The lowest BCUT2D eigenvalue weighted by Crippen LogP contribution is -2.29. The van der Waals surface area contributed by atoms with Crippen molar-refractivity contribution in [2.75, 3.05) is 30.8 Å². The highest BCUT2D eigenvalue weighted by Crippen LogP contribution is 2.31. The van der Waals surface area contributed by atoms with Gasteiger partial charge in [-0.05, 0) is 60.0 Å². The zero-order chi connectivity index (χ0) is 26.1. The van der Waals surface area contributed by atoms with Crippen molar-refractivity contribution in [3.8, 4) is 11.5 Å². The van der Waals surface area contributed by atoms with E-state index in [-0.39, 0.29) is 12.5 Å². The number of aryl methyl sites for hydroxylation is 1. The highest BCUT2D eigenvalue weighted by molar-refractivity contribution is 7.92. The molecule has 0 atom stereocenters. The first-order valence-electron chi connectivity index (χ1n) is 11.6. The molecule has 0 aliphatic rings. The number of carbonyl (C=O) groups is 1. The summed E-state index contributed by atoms with van der Waals surface area (Å²) in [5.41, 5.74) is 2.89. The van der Waals surface area contributed by atoms with E-state index in [0.717, 1.165) is 30.4 Å². The maximum atomic E-state index is 12.5. The number of benzene rings is 3. The van der Waals surface area contributed by atoms with E-state index in [2.05, 4.69) is 12.2 Å². The third kappa shape index (κ3) is 7.63. The Morgan fingerprint density at radius 1 is 1.00 bits per heavy atom. The second kappa shape index (κ2) is 12.6. The Labute approximate surface area is 218 Å². The lowest BCUT2D eigenvalue weighted by molar-refractivity contribution is 0.0947. The molecule has 9 heteroatoms. The molecule has 0 radical (unpaired) electrons. The first-order chi connectivity index (χ1) is 17.2. The third-order valence-electron chi connectivity index (χ3n) is 5.48. The van der Waals surface area contributed by atoms with Gasteiger partial charge >= 0.3 is 0 Å². The fourth-order valence-electron chi connectivity index (χ4n) is 3.61. The molecule has 192 valence electrons. The van der Waals surface area contributed by atoms with Crippen molar-refractivity contribution in [1.29, 1.82) is 0 Å². The van der Waals surface area contributed by atoms with Gasteiger partial charge in [0.2, 0.25) is 10.0 Å². The van der Waals surface area contributed by atoms with Gasteiger partial charge in [0.15, 0.2) is 0 Å². The molecule has 1 N–H and O–H groups in total. The van der Waals surface area contributed by atoms with Gasteiger partial charge in [0, 0.05) is 5.56 Å². The van der Waals surface area contributed by atoms with E-state index in [1.165, 1.54) is 17.0 Å². The molecule has 0 aliphatic heterocycles. The summed E-state index contributed by atoms with van der Waals surface area (Å²) in [5.74, 6) is 0.992. The molecule has 0 aromatic heterocycles. The van der Waals surface area contributed by atoms with E-state index in [4.69, 9.17) is 21.1 Å². The average molecular weight is 531 g/mol. The van der Waals surface area contributed by atoms with Gasteiger partial charge in [0.25, 0.3) is 5.91 Å². The number of sulfonamides is 1. The molecule has 0 unspecified atom stereocenters. The number of hydrogen-bond donors (Lipinski definition) is 1. The van der Waals surface area contributed by atoms with Gasteiger partial charge in [0.05, 0.1) is 37.2 Å². The Morgan fingerprint density at radius 2 is 1.67 bits per heavy atom. The molecule has 7 nitrogen and oxygen atoms in total. The lowest BCUT2D eigenvalue weighted by atomic mass is 10.1. The second-order valence-electron chi connectivity index (χ2n) is 8.28. The standard InChI is InChI=1S/C27H31ClN2O5S/c1-4-5-20-8-13-24(14-9-20)35-17-16-29-27(31)22-10-6-21(7-11-22)19-30(36(3,32)33)23-12-15-26(34-2)25(28)18-23/h6-15,18H,4-5,16-17,19H2,1-3H3,(H,29,31). The first-order valence-corrected chi connectivity index (χ1v) is 13.8. The van der Waals surface area contributed by atoms with E-state index in [1.807, 2.05) is 24.3 Å². The molecule has 0 saturated carbocycles. The highest BCUT2D eigenvalue weighted by atomic mass is 35.5. The highest BCUT2D eigenvalue weighted by Gasteiger charge is 2.19. The predicted molar refractivity (Wildman–Crippen MR) is 144 cm³/mol. The summed E-state index contributed by atoms with van der Waals surface area (Å²) in [6.07, 6.45) is 3.27. The van der Waals surface area contributed by atoms with E-state index in [9.17, 15) is 13.2 Å². The Bertz CT molecular complexity index is 1260. The Balaban J connectivity index is 1.56. The summed E-state index contributed by atoms with van der Waals surface area (Å²) in [6, 6.07) is 19.6. The summed E-state index contributed by atoms with van der Waals surface area (Å²) in [6.45, 7) is 2.94. The summed E-state index contributed by atoms with van der Waals surface area (Å²) in [7, 11) is -2.09. The monoisotopic (exact) mass is 530 g/mol. The zero-order valence-corrected chi connectivity index (χ0v) is 22.2. The van der Waals surface area contributed by atoms with Crippen LogP contribution in [0.25, 0.3) is 0 Å². The summed E-state index contributed by atoms with van der Waals surface area (Å²) >= 11 is 6.19. The van der Waals surface area contributed by atoms with Crippen LogP contribution in [0.4, 0.5) is 5.69 Å². The fraction of sp³-hybridized carbons (Fsp3) is 0.296. The van der Waals surface area contributed by atoms with Gasteiger partial charge in [-0.3, -0.25) is 9.10 Å². The van der Waals surface area contributed by atoms with Crippen LogP contribution in [-0.2, 0) is 23.0 Å². The SMILES string of the molecule is CCCc1ccc(OCCNC(=O)c2ccc(CN(c3ccc(OC)c(Cl)c3)S(C)(=O)=O)cc2)cc1. The minimum atomic E-state index is -3.58. The number of amides is 1. The summed E-state index contributed by atoms with van der Waals surface area (Å²) < 4.78 is 37.0. The van der Waals surface area contributed by atoms with Crippen molar-refractivity contribution in [1.82, 2.24) is 5.32 Å². The molecule has 0 saturated heterocycles. The number of ether oxygens (including phenoxy) is 2. The molecule has 3 rings (SSSR count). The summed E-state index contributed by atoms with van der Waals surface area (Å²) in [4.78, 5) is 12.5. The number of nitrogens with one attached hydrogen (secondary N) is 1. The smallest absolute Gasteiger partial charge is 0.251 e. The van der Waals surface area contributed by atoms with Crippen molar-refractivity contribution in [3.63, 3.8) is 0 Å². The number of carbonyl (C=O) groups excluding carboxylic acids is 1. The molecule has 0 aliphatic carbocycles. The molecule has 0 fully saturated rings. The molecular formula is C27H31ClN2O5S. The number of hydrogen-bond acceptors (Lipinski definition) is 5. The molecular weight excluding hydrogens is 500 g/mol. The normalized spacial score (nSPS) is 11.1. The topological polar surface area (TPSA) is 84.9 Å². The predicted octanol–water partition coefficient (Wildman–Crippen LogP) is 5.08. The molecule has 36 heavy (non-hydrogen) atoms. The van der Waals surface area contributed by atoms with Gasteiger partial charge in [-0.25, -0.2) is 8.42 Å². The summed E-state index contributed by atoms with van der Waals surface area (Å²) in [5, 5.41) is 3.14. The number of halogens is 1.